The molecule has 0 aliphatic carbocycles. The molecule has 174 valence electrons. The Bertz CT molecular complexity index is 1370. The molecule has 0 aliphatic heterocycles. The molecule has 1 heterocycles. The summed E-state index contributed by atoms with van der Waals surface area (Å²) in [5.74, 6) is -2.01. The zero-order chi connectivity index (χ0) is 24.5. The molecule has 0 atom stereocenters. The van der Waals surface area contributed by atoms with Crippen molar-refractivity contribution in [1.29, 1.82) is 0 Å². The molecular formula is C23H25FN4O4S. The highest BCUT2D eigenvalue weighted by atomic mass is 32.2. The summed E-state index contributed by atoms with van der Waals surface area (Å²) in [4.78, 5) is 26.4. The number of aromatic nitrogens is 1. The second-order valence-corrected chi connectivity index (χ2v) is 9.72. The van der Waals surface area contributed by atoms with Crippen molar-refractivity contribution in [3.63, 3.8) is 0 Å². The summed E-state index contributed by atoms with van der Waals surface area (Å²) in [5.41, 5.74) is 6.26. The molecule has 3 N–H and O–H groups in total. The van der Waals surface area contributed by atoms with E-state index in [1.54, 1.807) is 31.1 Å². The van der Waals surface area contributed by atoms with Crippen LogP contribution >= 0.6 is 0 Å². The number of rotatable bonds is 7. The number of allylic oxidation sites excluding steroid dienone is 1. The van der Waals surface area contributed by atoms with E-state index in [4.69, 9.17) is 5.73 Å². The molecule has 0 saturated heterocycles. The Morgan fingerprint density at radius 2 is 1.79 bits per heavy atom. The van der Waals surface area contributed by atoms with Crippen LogP contribution in [0.1, 0.15) is 23.0 Å². The number of aryl methyl sites for hydroxylation is 1. The van der Waals surface area contributed by atoms with Crippen molar-refractivity contribution in [1.82, 2.24) is 8.87 Å². The topological polar surface area (TPSA) is 114 Å². The highest BCUT2D eigenvalue weighted by Gasteiger charge is 2.28. The summed E-state index contributed by atoms with van der Waals surface area (Å²) >= 11 is 0. The molecule has 0 spiro atoms. The Kier molecular flexibility index (Phi) is 6.71. The van der Waals surface area contributed by atoms with E-state index in [0.29, 0.717) is 6.54 Å². The third kappa shape index (κ3) is 4.96. The van der Waals surface area contributed by atoms with E-state index in [2.05, 4.69) is 5.32 Å². The Hall–Kier alpha value is -3.50. The van der Waals surface area contributed by atoms with E-state index in [0.717, 1.165) is 15.6 Å². The van der Waals surface area contributed by atoms with Crippen LogP contribution in [0, 0.1) is 12.7 Å². The standard InChI is InChI=1S/C23H25FN4O4S/c1-14-5-7-17(8-6-14)33(31,32)28-21-13-20(26-15(2)29)18(24)11-16(21)12-22(28)23(30)19(25)9-10-27(3)4/h5-9,11-13H,10,25H2,1-4H3,(H,26,29)/b19-9-. The lowest BCUT2D eigenvalue weighted by atomic mass is 10.2. The molecule has 8 nitrogen and oxygen atoms in total. The van der Waals surface area contributed by atoms with Gasteiger partial charge in [-0.25, -0.2) is 16.8 Å². The summed E-state index contributed by atoms with van der Waals surface area (Å²) in [6.45, 7) is 3.38. The van der Waals surface area contributed by atoms with E-state index in [9.17, 15) is 22.4 Å². The number of amides is 1. The average Bonchev–Trinajstić information content (AvgIpc) is 3.10. The molecule has 1 aromatic heterocycles. The normalized spacial score (nSPS) is 12.4. The lowest BCUT2D eigenvalue weighted by Gasteiger charge is -2.13. The number of nitrogens with zero attached hydrogens (tertiary/aromatic N) is 2. The molecule has 0 saturated carbocycles. The minimum atomic E-state index is -4.27. The van der Waals surface area contributed by atoms with Gasteiger partial charge >= 0.3 is 0 Å². The van der Waals surface area contributed by atoms with Crippen LogP contribution in [0.15, 0.2) is 59.1 Å². The Labute approximate surface area is 191 Å². The smallest absolute Gasteiger partial charge is 0.268 e. The molecule has 0 radical (unpaired) electrons. The maximum Gasteiger partial charge on any atom is 0.268 e. The van der Waals surface area contributed by atoms with Gasteiger partial charge in [0.2, 0.25) is 11.7 Å². The van der Waals surface area contributed by atoms with Crippen molar-refractivity contribution >= 4 is 38.3 Å². The van der Waals surface area contributed by atoms with Gasteiger partial charge < -0.3 is 16.0 Å². The van der Waals surface area contributed by atoms with Crippen LogP contribution in [0.4, 0.5) is 10.1 Å². The van der Waals surface area contributed by atoms with Gasteiger partial charge in [-0.05, 0) is 57.4 Å². The fourth-order valence-corrected chi connectivity index (χ4v) is 4.75. The number of likely N-dealkylation sites (N-methyl/N-ethyl adjacent to an activating group) is 1. The third-order valence-electron chi connectivity index (χ3n) is 4.89. The minimum Gasteiger partial charge on any atom is -0.396 e. The summed E-state index contributed by atoms with van der Waals surface area (Å²) in [7, 11) is -0.688. The number of halogens is 1. The molecule has 3 rings (SSSR count). The summed E-state index contributed by atoms with van der Waals surface area (Å²) < 4.78 is 42.6. The van der Waals surface area contributed by atoms with Crippen molar-refractivity contribution in [2.75, 3.05) is 26.0 Å². The third-order valence-corrected chi connectivity index (χ3v) is 6.63. The van der Waals surface area contributed by atoms with Gasteiger partial charge in [0.1, 0.15) is 11.5 Å². The summed E-state index contributed by atoms with van der Waals surface area (Å²) in [6, 6.07) is 9.65. The van der Waals surface area contributed by atoms with E-state index in [1.807, 2.05) is 6.92 Å². The summed E-state index contributed by atoms with van der Waals surface area (Å²) in [5, 5.41) is 2.50. The number of nitrogens with one attached hydrogen (secondary N) is 1. The quantitative estimate of drug-likeness (QED) is 0.404. The van der Waals surface area contributed by atoms with E-state index < -0.39 is 27.5 Å². The summed E-state index contributed by atoms with van der Waals surface area (Å²) in [6.07, 6.45) is 1.48. The van der Waals surface area contributed by atoms with Crippen LogP contribution in [0.5, 0.6) is 0 Å². The zero-order valence-corrected chi connectivity index (χ0v) is 19.5. The van der Waals surface area contributed by atoms with Crippen molar-refractivity contribution in [2.24, 2.45) is 5.73 Å². The van der Waals surface area contributed by atoms with Gasteiger partial charge in [-0.2, -0.15) is 0 Å². The zero-order valence-electron chi connectivity index (χ0n) is 18.7. The maximum absolute atomic E-state index is 14.6. The van der Waals surface area contributed by atoms with Crippen molar-refractivity contribution in [3.8, 4) is 0 Å². The highest BCUT2D eigenvalue weighted by Crippen LogP contribution is 2.31. The fourth-order valence-electron chi connectivity index (χ4n) is 3.24. The molecule has 1 amide bonds. The predicted molar refractivity (Wildman–Crippen MR) is 125 cm³/mol. The highest BCUT2D eigenvalue weighted by molar-refractivity contribution is 7.90. The van der Waals surface area contributed by atoms with Crippen molar-refractivity contribution < 1.29 is 22.4 Å². The largest absolute Gasteiger partial charge is 0.396 e. The van der Waals surface area contributed by atoms with Crippen LogP contribution in [-0.4, -0.2) is 49.6 Å². The first-order valence-corrected chi connectivity index (χ1v) is 11.5. The second kappa shape index (κ2) is 9.16. The first-order valence-electron chi connectivity index (χ1n) is 10.0. The molecule has 3 aromatic rings. The molecule has 0 bridgehead atoms. The number of nitrogens with two attached hydrogens (primary N) is 1. The number of Topliss-reactive ketones (excluding diaryl/α,β-unsaturated/α-hetero) is 1. The molecule has 2 aromatic carbocycles. The van der Waals surface area contributed by atoms with Crippen LogP contribution in [-0.2, 0) is 14.8 Å². The average molecular weight is 473 g/mol. The molecular weight excluding hydrogens is 447 g/mol. The maximum atomic E-state index is 14.6. The van der Waals surface area contributed by atoms with E-state index in [1.165, 1.54) is 37.3 Å². The lowest BCUT2D eigenvalue weighted by molar-refractivity contribution is -0.114. The van der Waals surface area contributed by atoms with Crippen molar-refractivity contribution in [3.05, 3.63) is 71.3 Å². The van der Waals surface area contributed by atoms with E-state index in [-0.39, 0.29) is 32.9 Å². The number of carbonyl (C=O) groups excluding carboxylic acids is 2. The lowest BCUT2D eigenvalue weighted by Crippen LogP contribution is -2.23. The van der Waals surface area contributed by atoms with Crippen LogP contribution < -0.4 is 11.1 Å². The number of benzene rings is 2. The monoisotopic (exact) mass is 472 g/mol. The number of anilines is 1. The van der Waals surface area contributed by atoms with Gasteiger partial charge in [0.05, 0.1) is 21.8 Å². The van der Waals surface area contributed by atoms with Gasteiger partial charge in [-0.1, -0.05) is 17.7 Å². The Morgan fingerprint density at radius 3 is 2.36 bits per heavy atom. The minimum absolute atomic E-state index is 0.0319. The molecule has 33 heavy (non-hydrogen) atoms. The number of hydrogen-bond donors (Lipinski definition) is 2. The van der Waals surface area contributed by atoms with Gasteiger partial charge in [0.15, 0.2) is 0 Å². The van der Waals surface area contributed by atoms with Gasteiger partial charge in [-0.15, -0.1) is 0 Å². The Balaban J connectivity index is 2.32. The predicted octanol–water partition coefficient (Wildman–Crippen LogP) is 2.87. The second-order valence-electron chi connectivity index (χ2n) is 7.93. The fraction of sp³-hybridized carbons (Fsp3) is 0.217. The van der Waals surface area contributed by atoms with Gasteiger partial charge in [0.25, 0.3) is 10.0 Å². The van der Waals surface area contributed by atoms with Gasteiger partial charge in [-0.3, -0.25) is 9.59 Å². The van der Waals surface area contributed by atoms with Crippen LogP contribution in [0.25, 0.3) is 10.9 Å². The molecule has 0 unspecified atom stereocenters. The Morgan fingerprint density at radius 1 is 1.15 bits per heavy atom. The van der Waals surface area contributed by atoms with E-state index >= 15 is 0 Å². The number of ketones is 1. The van der Waals surface area contributed by atoms with Crippen LogP contribution in [0.2, 0.25) is 0 Å². The van der Waals surface area contributed by atoms with Crippen LogP contribution in [0.3, 0.4) is 0 Å². The molecule has 0 fully saturated rings. The molecule has 10 heteroatoms. The first kappa shape index (κ1) is 24.1. The SMILES string of the molecule is CC(=O)Nc1cc2c(cc1F)cc(C(=O)/C(N)=C/CN(C)C)n2S(=O)(=O)c1ccc(C)cc1. The number of fused-ring (bicyclic) bond motifs is 1. The number of carbonyl (C=O) groups is 2. The van der Waals surface area contributed by atoms with Crippen molar-refractivity contribution in [2.45, 2.75) is 18.7 Å². The number of hydrogen-bond acceptors (Lipinski definition) is 6. The molecule has 0 aliphatic rings. The van der Waals surface area contributed by atoms with Gasteiger partial charge in [0, 0.05) is 18.9 Å². The first-order chi connectivity index (χ1) is 15.4.